The molecule has 0 unspecified atom stereocenters. The van der Waals surface area contributed by atoms with Crippen LogP contribution >= 0.6 is 22.7 Å². The minimum absolute atomic E-state index is 1.13. The number of nitrogens with zero attached hydrogens (tertiary/aromatic N) is 1. The van der Waals surface area contributed by atoms with Crippen LogP contribution in [0.25, 0.3) is 73.4 Å². The summed E-state index contributed by atoms with van der Waals surface area (Å²) < 4.78 is 5.24. The lowest BCUT2D eigenvalue weighted by Crippen LogP contribution is -2.10. The summed E-state index contributed by atoms with van der Waals surface area (Å²) in [7, 11) is 0. The van der Waals surface area contributed by atoms with Crippen molar-refractivity contribution in [1.82, 2.24) is 0 Å². The highest BCUT2D eigenvalue weighted by Crippen LogP contribution is 2.47. The maximum absolute atomic E-state index is 2.47. The van der Waals surface area contributed by atoms with Gasteiger partial charge in [0.15, 0.2) is 0 Å². The van der Waals surface area contributed by atoms with Gasteiger partial charge in [0.05, 0.1) is 10.4 Å². The molecule has 0 saturated heterocycles. The average molecular weight is 660 g/mol. The first kappa shape index (κ1) is 28.3. The van der Waals surface area contributed by atoms with E-state index in [2.05, 4.69) is 181 Å². The molecule has 0 saturated carbocycles. The monoisotopic (exact) mass is 659 g/mol. The molecule has 10 rings (SSSR count). The maximum atomic E-state index is 2.47. The Labute approximate surface area is 292 Å². The van der Waals surface area contributed by atoms with E-state index in [0.717, 1.165) is 11.4 Å². The van der Waals surface area contributed by atoms with Crippen molar-refractivity contribution >= 4 is 90.9 Å². The fourth-order valence-corrected chi connectivity index (χ4v) is 9.55. The van der Waals surface area contributed by atoms with E-state index in [9.17, 15) is 0 Å². The predicted molar refractivity (Wildman–Crippen MR) is 215 cm³/mol. The van der Waals surface area contributed by atoms with Crippen LogP contribution in [0, 0.1) is 0 Å². The quantitative estimate of drug-likeness (QED) is 0.178. The van der Waals surface area contributed by atoms with Gasteiger partial charge in [0.1, 0.15) is 0 Å². The second kappa shape index (κ2) is 11.5. The van der Waals surface area contributed by atoms with Crippen LogP contribution in [0.5, 0.6) is 0 Å². The van der Waals surface area contributed by atoms with Crippen molar-refractivity contribution in [2.75, 3.05) is 4.90 Å². The minimum atomic E-state index is 1.13. The summed E-state index contributed by atoms with van der Waals surface area (Å²) in [5, 5.41) is 7.68. The number of benzene rings is 8. The molecule has 10 aromatic rings. The molecule has 230 valence electrons. The van der Waals surface area contributed by atoms with E-state index >= 15 is 0 Å². The summed E-state index contributed by atoms with van der Waals surface area (Å²) in [5.41, 5.74) is 8.26. The van der Waals surface area contributed by atoms with Crippen molar-refractivity contribution in [3.05, 3.63) is 176 Å². The van der Waals surface area contributed by atoms with Gasteiger partial charge in [-0.25, -0.2) is 0 Å². The summed E-state index contributed by atoms with van der Waals surface area (Å²) in [6.07, 6.45) is 0. The van der Waals surface area contributed by atoms with E-state index in [1.165, 1.54) is 79.1 Å². The van der Waals surface area contributed by atoms with E-state index < -0.39 is 0 Å². The van der Waals surface area contributed by atoms with E-state index in [0.29, 0.717) is 0 Å². The zero-order valence-corrected chi connectivity index (χ0v) is 28.1. The second-order valence-electron chi connectivity index (χ2n) is 12.6. The number of hydrogen-bond acceptors (Lipinski definition) is 3. The van der Waals surface area contributed by atoms with Gasteiger partial charge in [0, 0.05) is 47.0 Å². The Balaban J connectivity index is 1.26. The molecule has 0 amide bonds. The number of rotatable bonds is 5. The normalized spacial score (nSPS) is 11.7. The van der Waals surface area contributed by atoms with Crippen LogP contribution in [0.15, 0.2) is 176 Å². The molecule has 0 spiro atoms. The molecule has 0 aliphatic rings. The summed E-state index contributed by atoms with van der Waals surface area (Å²) in [6.45, 7) is 0. The van der Waals surface area contributed by atoms with Crippen molar-refractivity contribution in [2.45, 2.75) is 0 Å². The molecule has 1 nitrogen and oxygen atoms in total. The Morgan fingerprint density at radius 1 is 0.327 bits per heavy atom. The first-order chi connectivity index (χ1) is 24.3. The average Bonchev–Trinajstić information content (AvgIpc) is 3.74. The smallest absolute Gasteiger partial charge is 0.0640 e. The number of thiophene rings is 2. The van der Waals surface area contributed by atoms with Crippen LogP contribution in [0.2, 0.25) is 0 Å². The van der Waals surface area contributed by atoms with Gasteiger partial charge in [-0.3, -0.25) is 0 Å². The third-order valence-corrected chi connectivity index (χ3v) is 12.0. The van der Waals surface area contributed by atoms with Gasteiger partial charge in [0.25, 0.3) is 0 Å². The molecule has 2 heterocycles. The number of hydrogen-bond donors (Lipinski definition) is 0. The van der Waals surface area contributed by atoms with Crippen LogP contribution in [-0.4, -0.2) is 0 Å². The Bertz CT molecular complexity index is 2840. The van der Waals surface area contributed by atoms with Gasteiger partial charge in [-0.05, 0) is 93.7 Å². The topological polar surface area (TPSA) is 3.24 Å². The molecule has 3 heteroatoms. The second-order valence-corrected chi connectivity index (χ2v) is 14.7. The first-order valence-corrected chi connectivity index (χ1v) is 18.2. The lowest BCUT2D eigenvalue weighted by atomic mass is 9.96. The standard InChI is InChI=1S/C46H29NS2/c1-2-11-30(12-3-1)34-25-35(33-22-24-45-41(29-33)39-16-7-8-19-43(39)48-45)28-37(27-34)47(36-23-21-31-13-4-5-14-32(31)26-36)42-18-10-17-40-38-15-6-9-20-44(38)49-46(40)42/h1-29H. The van der Waals surface area contributed by atoms with Gasteiger partial charge >= 0.3 is 0 Å². The van der Waals surface area contributed by atoms with Gasteiger partial charge in [-0.1, -0.05) is 115 Å². The highest BCUT2D eigenvalue weighted by molar-refractivity contribution is 7.26. The summed E-state index contributed by atoms with van der Waals surface area (Å²) in [6, 6.07) is 64.6. The molecular weight excluding hydrogens is 631 g/mol. The largest absolute Gasteiger partial charge is 0.309 e. The highest BCUT2D eigenvalue weighted by Gasteiger charge is 2.20. The van der Waals surface area contributed by atoms with E-state index in [4.69, 9.17) is 0 Å². The number of fused-ring (bicyclic) bond motifs is 7. The third-order valence-electron chi connectivity index (χ3n) is 9.61. The van der Waals surface area contributed by atoms with E-state index in [1.54, 1.807) is 0 Å². The molecule has 0 bridgehead atoms. The van der Waals surface area contributed by atoms with Crippen LogP contribution < -0.4 is 4.90 Å². The summed E-state index contributed by atoms with van der Waals surface area (Å²) in [4.78, 5) is 2.47. The summed E-state index contributed by atoms with van der Waals surface area (Å²) in [5.74, 6) is 0. The molecule has 0 aliphatic heterocycles. The lowest BCUT2D eigenvalue weighted by molar-refractivity contribution is 1.31. The molecular formula is C46H29NS2. The van der Waals surface area contributed by atoms with Gasteiger partial charge in [-0.15, -0.1) is 22.7 Å². The van der Waals surface area contributed by atoms with Crippen molar-refractivity contribution < 1.29 is 0 Å². The zero-order valence-electron chi connectivity index (χ0n) is 26.5. The first-order valence-electron chi connectivity index (χ1n) is 16.6. The van der Waals surface area contributed by atoms with Crippen molar-refractivity contribution in [3.8, 4) is 22.3 Å². The van der Waals surface area contributed by atoms with Crippen molar-refractivity contribution in [3.63, 3.8) is 0 Å². The minimum Gasteiger partial charge on any atom is -0.309 e. The van der Waals surface area contributed by atoms with Crippen LogP contribution in [0.4, 0.5) is 17.1 Å². The SMILES string of the molecule is c1ccc(-c2cc(-c3ccc4sc5ccccc5c4c3)cc(N(c3ccc4ccccc4c3)c3cccc4c3sc3ccccc34)c2)cc1. The van der Waals surface area contributed by atoms with E-state index in [1.807, 2.05) is 22.7 Å². The van der Waals surface area contributed by atoms with Crippen LogP contribution in [-0.2, 0) is 0 Å². The van der Waals surface area contributed by atoms with Gasteiger partial charge < -0.3 is 4.90 Å². The molecule has 8 aromatic carbocycles. The molecule has 0 fully saturated rings. The fourth-order valence-electron chi connectivity index (χ4n) is 7.26. The fraction of sp³-hybridized carbons (Fsp3) is 0. The lowest BCUT2D eigenvalue weighted by Gasteiger charge is -2.28. The molecule has 2 aromatic heterocycles. The molecule has 0 radical (unpaired) electrons. The highest BCUT2D eigenvalue weighted by atomic mass is 32.1. The predicted octanol–water partition coefficient (Wildman–Crippen LogP) is 14.4. The van der Waals surface area contributed by atoms with Crippen LogP contribution in [0.1, 0.15) is 0 Å². The zero-order chi connectivity index (χ0) is 32.3. The van der Waals surface area contributed by atoms with Crippen molar-refractivity contribution in [2.24, 2.45) is 0 Å². The third kappa shape index (κ3) is 4.82. The molecule has 49 heavy (non-hydrogen) atoms. The number of anilines is 3. The Hall–Kier alpha value is -5.74. The Morgan fingerprint density at radius 3 is 1.82 bits per heavy atom. The van der Waals surface area contributed by atoms with Gasteiger partial charge in [0.2, 0.25) is 0 Å². The molecule has 0 atom stereocenters. The Kier molecular flexibility index (Phi) is 6.61. The molecule has 0 N–H and O–H groups in total. The van der Waals surface area contributed by atoms with E-state index in [-0.39, 0.29) is 0 Å². The van der Waals surface area contributed by atoms with Crippen LogP contribution in [0.3, 0.4) is 0 Å². The van der Waals surface area contributed by atoms with Crippen molar-refractivity contribution in [1.29, 1.82) is 0 Å². The Morgan fingerprint density at radius 2 is 0.980 bits per heavy atom. The maximum Gasteiger partial charge on any atom is 0.0640 e. The van der Waals surface area contributed by atoms with Gasteiger partial charge in [-0.2, -0.15) is 0 Å². The molecule has 0 aliphatic carbocycles. The summed E-state index contributed by atoms with van der Waals surface area (Å²) >= 11 is 3.74.